The number of carbonyl (C=O) groups excluding carboxylic acids is 1. The van der Waals surface area contributed by atoms with Crippen LogP contribution in [0.3, 0.4) is 0 Å². The first kappa shape index (κ1) is 16.9. The molecule has 136 valence electrons. The van der Waals surface area contributed by atoms with Crippen molar-refractivity contribution < 1.29 is 14.3 Å². The van der Waals surface area contributed by atoms with Crippen LogP contribution in [0.4, 0.5) is 0 Å². The van der Waals surface area contributed by atoms with Gasteiger partial charge in [0, 0.05) is 32.5 Å². The van der Waals surface area contributed by atoms with Crippen molar-refractivity contribution in [3.8, 4) is 11.5 Å². The highest BCUT2D eigenvalue weighted by Crippen LogP contribution is 2.33. The Labute approximate surface area is 153 Å². The van der Waals surface area contributed by atoms with Crippen LogP contribution < -0.4 is 14.8 Å². The minimum Gasteiger partial charge on any atom is -0.497 e. The van der Waals surface area contributed by atoms with Crippen LogP contribution in [0.25, 0.3) is 0 Å². The lowest BCUT2D eigenvalue weighted by atomic mass is 9.90. The Bertz CT molecular complexity index is 780. The van der Waals surface area contributed by atoms with E-state index in [-0.39, 0.29) is 11.5 Å². The van der Waals surface area contributed by atoms with Gasteiger partial charge < -0.3 is 14.8 Å². The van der Waals surface area contributed by atoms with Gasteiger partial charge >= 0.3 is 0 Å². The summed E-state index contributed by atoms with van der Waals surface area (Å²) in [6, 6.07) is 15.7. The van der Waals surface area contributed by atoms with Crippen LogP contribution in [0.15, 0.2) is 48.5 Å². The second-order valence-electron chi connectivity index (χ2n) is 7.09. The van der Waals surface area contributed by atoms with Gasteiger partial charge in [0.25, 0.3) is 5.91 Å². The first-order valence-corrected chi connectivity index (χ1v) is 9.09. The van der Waals surface area contributed by atoms with Crippen molar-refractivity contribution in [2.75, 3.05) is 26.7 Å². The fourth-order valence-corrected chi connectivity index (χ4v) is 3.74. The molecular formula is C21H24N2O3. The Kier molecular flexibility index (Phi) is 4.55. The number of hydrogen-bond donors (Lipinski definition) is 1. The van der Waals surface area contributed by atoms with Crippen LogP contribution in [0, 0.1) is 0 Å². The summed E-state index contributed by atoms with van der Waals surface area (Å²) in [6.07, 6.45) is 1.80. The predicted octanol–water partition coefficient (Wildman–Crippen LogP) is 2.85. The van der Waals surface area contributed by atoms with E-state index in [0.29, 0.717) is 17.9 Å². The second kappa shape index (κ2) is 7.00. The highest BCUT2D eigenvalue weighted by molar-refractivity contribution is 5.97. The van der Waals surface area contributed by atoms with Crippen LogP contribution in [-0.4, -0.2) is 43.2 Å². The highest BCUT2D eigenvalue weighted by Gasteiger charge is 2.39. The molecule has 1 amide bonds. The smallest absolute Gasteiger partial charge is 0.255 e. The molecule has 1 N–H and O–H groups in total. The number of para-hydroxylation sites is 1. The molecule has 5 nitrogen and oxygen atoms in total. The van der Waals surface area contributed by atoms with Crippen LogP contribution in [-0.2, 0) is 6.54 Å². The summed E-state index contributed by atoms with van der Waals surface area (Å²) in [7, 11) is 1.68. The van der Waals surface area contributed by atoms with Gasteiger partial charge in [0.05, 0.1) is 19.2 Å². The molecule has 0 atom stereocenters. The normalized spacial score (nSPS) is 19.2. The summed E-state index contributed by atoms with van der Waals surface area (Å²) in [6.45, 7) is 3.38. The monoisotopic (exact) mass is 352 g/mol. The van der Waals surface area contributed by atoms with E-state index in [0.717, 1.165) is 38.2 Å². The molecule has 2 aliphatic rings. The minimum atomic E-state index is -0.307. The maximum absolute atomic E-state index is 12.3. The highest BCUT2D eigenvalue weighted by atomic mass is 16.5. The van der Waals surface area contributed by atoms with Gasteiger partial charge in [-0.3, -0.25) is 9.69 Å². The Hall–Kier alpha value is -2.53. The van der Waals surface area contributed by atoms with Crippen molar-refractivity contribution >= 4 is 5.91 Å². The molecule has 1 saturated heterocycles. The number of likely N-dealkylation sites (tertiary alicyclic amines) is 1. The average Bonchev–Trinajstić information content (AvgIpc) is 2.82. The van der Waals surface area contributed by atoms with Gasteiger partial charge in [-0.05, 0) is 29.8 Å². The number of carbonyl (C=O) groups is 1. The summed E-state index contributed by atoms with van der Waals surface area (Å²) < 4.78 is 11.6. The first-order valence-electron chi connectivity index (χ1n) is 9.09. The van der Waals surface area contributed by atoms with E-state index in [9.17, 15) is 4.79 Å². The Morgan fingerprint density at radius 2 is 1.85 bits per heavy atom. The van der Waals surface area contributed by atoms with E-state index < -0.39 is 0 Å². The molecule has 1 fully saturated rings. The summed E-state index contributed by atoms with van der Waals surface area (Å²) >= 11 is 0. The third kappa shape index (κ3) is 3.40. The van der Waals surface area contributed by atoms with Crippen molar-refractivity contribution in [3.63, 3.8) is 0 Å². The SMILES string of the molecule is COc1ccc(CN2CCC3(CC2)CNC(=O)c2ccccc2O3)cc1. The fraction of sp³-hybridized carbons (Fsp3) is 0.381. The molecule has 2 aliphatic heterocycles. The van der Waals surface area contributed by atoms with Crippen molar-refractivity contribution in [2.24, 2.45) is 0 Å². The number of amides is 1. The van der Waals surface area contributed by atoms with Crippen LogP contribution in [0.1, 0.15) is 28.8 Å². The molecule has 0 saturated carbocycles. The van der Waals surface area contributed by atoms with Crippen molar-refractivity contribution in [1.29, 1.82) is 0 Å². The van der Waals surface area contributed by atoms with Gasteiger partial charge in [-0.25, -0.2) is 0 Å². The number of hydrogen-bond acceptors (Lipinski definition) is 4. The van der Waals surface area contributed by atoms with E-state index in [1.165, 1.54) is 5.56 Å². The Balaban J connectivity index is 1.42. The molecule has 0 aliphatic carbocycles. The molecule has 0 aromatic heterocycles. The fourth-order valence-electron chi connectivity index (χ4n) is 3.74. The zero-order chi connectivity index (χ0) is 18.0. The number of ether oxygens (including phenoxy) is 2. The molecule has 0 radical (unpaired) electrons. The number of nitrogens with zero attached hydrogens (tertiary/aromatic N) is 1. The molecule has 2 aromatic rings. The van der Waals surface area contributed by atoms with Crippen molar-refractivity contribution in [3.05, 3.63) is 59.7 Å². The number of fused-ring (bicyclic) bond motifs is 1. The van der Waals surface area contributed by atoms with Gasteiger partial charge in [-0.15, -0.1) is 0 Å². The third-order valence-corrected chi connectivity index (χ3v) is 5.36. The van der Waals surface area contributed by atoms with Crippen molar-refractivity contribution in [2.45, 2.75) is 25.0 Å². The lowest BCUT2D eigenvalue weighted by Gasteiger charge is -2.41. The van der Waals surface area contributed by atoms with Crippen LogP contribution in [0.5, 0.6) is 11.5 Å². The number of rotatable bonds is 3. The first-order chi connectivity index (χ1) is 12.7. The van der Waals surface area contributed by atoms with E-state index >= 15 is 0 Å². The van der Waals surface area contributed by atoms with E-state index in [1.807, 2.05) is 36.4 Å². The Morgan fingerprint density at radius 1 is 1.12 bits per heavy atom. The van der Waals surface area contributed by atoms with Crippen molar-refractivity contribution in [1.82, 2.24) is 10.2 Å². The maximum Gasteiger partial charge on any atom is 0.255 e. The number of methoxy groups -OCH3 is 1. The molecular weight excluding hydrogens is 328 g/mol. The van der Waals surface area contributed by atoms with Gasteiger partial charge in [-0.2, -0.15) is 0 Å². The van der Waals surface area contributed by atoms with E-state index in [2.05, 4.69) is 22.3 Å². The van der Waals surface area contributed by atoms with E-state index in [1.54, 1.807) is 7.11 Å². The van der Waals surface area contributed by atoms with Gasteiger partial charge in [-0.1, -0.05) is 24.3 Å². The average molecular weight is 352 g/mol. The largest absolute Gasteiger partial charge is 0.497 e. The zero-order valence-corrected chi connectivity index (χ0v) is 15.0. The molecule has 0 bridgehead atoms. The van der Waals surface area contributed by atoms with Crippen LogP contribution in [0.2, 0.25) is 0 Å². The second-order valence-corrected chi connectivity index (χ2v) is 7.09. The maximum atomic E-state index is 12.3. The summed E-state index contributed by atoms with van der Waals surface area (Å²) in [5.41, 5.74) is 1.60. The van der Waals surface area contributed by atoms with Gasteiger partial charge in [0.1, 0.15) is 17.1 Å². The summed E-state index contributed by atoms with van der Waals surface area (Å²) in [5, 5.41) is 3.04. The van der Waals surface area contributed by atoms with E-state index in [4.69, 9.17) is 9.47 Å². The van der Waals surface area contributed by atoms with Gasteiger partial charge in [0.2, 0.25) is 0 Å². The molecule has 0 unspecified atom stereocenters. The standard InChI is InChI=1S/C21H24N2O3/c1-25-17-8-6-16(7-9-17)14-23-12-10-21(11-13-23)15-22-20(24)18-4-2-3-5-19(18)26-21/h2-9H,10-15H2,1H3,(H,22,24). The van der Waals surface area contributed by atoms with Crippen LogP contribution >= 0.6 is 0 Å². The number of piperidine rings is 1. The molecule has 1 spiro atoms. The Morgan fingerprint density at radius 3 is 2.58 bits per heavy atom. The zero-order valence-electron chi connectivity index (χ0n) is 15.0. The molecule has 26 heavy (non-hydrogen) atoms. The lowest BCUT2D eigenvalue weighted by Crippen LogP contribution is -2.52. The number of nitrogens with one attached hydrogen (secondary N) is 1. The number of benzene rings is 2. The molecule has 2 aromatic carbocycles. The molecule has 2 heterocycles. The molecule has 4 rings (SSSR count). The lowest BCUT2D eigenvalue weighted by molar-refractivity contribution is 0.00395. The predicted molar refractivity (Wildman–Crippen MR) is 99.6 cm³/mol. The summed E-state index contributed by atoms with van der Waals surface area (Å²) in [4.78, 5) is 14.7. The minimum absolute atomic E-state index is 0.0434. The third-order valence-electron chi connectivity index (χ3n) is 5.36. The summed E-state index contributed by atoms with van der Waals surface area (Å²) in [5.74, 6) is 1.54. The quantitative estimate of drug-likeness (QED) is 0.923. The molecule has 5 heteroatoms. The van der Waals surface area contributed by atoms with Gasteiger partial charge in [0.15, 0.2) is 0 Å². The topological polar surface area (TPSA) is 50.8 Å².